The summed E-state index contributed by atoms with van der Waals surface area (Å²) in [5, 5.41) is 0. The molecule has 0 unspecified atom stereocenters. The van der Waals surface area contributed by atoms with Gasteiger partial charge in [0.1, 0.15) is 0 Å². The van der Waals surface area contributed by atoms with Crippen molar-refractivity contribution in [2.45, 2.75) is 32.2 Å². The standard InChI is InChI=1S/C13H12Cl7/c1-2-3-5-9-6-4-7-10(8-9)11(14,15)12(16,17)13(18,19)20/h4-8H,2-3H2,1H3. The molecular weight excluding hydrogens is 404 g/mol. The minimum atomic E-state index is -2.05. The SMILES string of the molecule is CCC[CH]c1cccc(C(Cl)(Cl)C(Cl)(Cl)C(Cl)(Cl)Cl)c1. The van der Waals surface area contributed by atoms with Gasteiger partial charge in [-0.1, -0.05) is 119 Å². The average Bonchev–Trinajstić information content (AvgIpc) is 2.35. The van der Waals surface area contributed by atoms with Gasteiger partial charge in [0.05, 0.1) is 0 Å². The van der Waals surface area contributed by atoms with Crippen molar-refractivity contribution in [2.24, 2.45) is 0 Å². The molecule has 0 heterocycles. The quantitative estimate of drug-likeness (QED) is 0.445. The molecule has 1 aromatic rings. The second kappa shape index (κ2) is 7.21. The molecule has 0 amide bonds. The van der Waals surface area contributed by atoms with E-state index in [1.54, 1.807) is 18.2 Å². The Morgan fingerprint density at radius 1 is 1.00 bits per heavy atom. The summed E-state index contributed by atoms with van der Waals surface area (Å²) < 4.78 is -5.85. The highest BCUT2D eigenvalue weighted by Gasteiger charge is 2.60. The Labute approximate surface area is 154 Å². The van der Waals surface area contributed by atoms with E-state index in [0.29, 0.717) is 5.56 Å². The number of hydrogen-bond donors (Lipinski definition) is 0. The molecule has 0 N–H and O–H groups in total. The summed E-state index contributed by atoms with van der Waals surface area (Å²) in [4.78, 5) is 0. The molecule has 7 heteroatoms. The topological polar surface area (TPSA) is 0 Å². The maximum Gasteiger partial charge on any atom is 0.226 e. The van der Waals surface area contributed by atoms with Crippen molar-refractivity contribution in [2.75, 3.05) is 0 Å². The molecule has 0 aliphatic heterocycles. The van der Waals surface area contributed by atoms with Crippen molar-refractivity contribution in [1.29, 1.82) is 0 Å². The van der Waals surface area contributed by atoms with Gasteiger partial charge in [0, 0.05) is 0 Å². The normalized spacial score (nSPS) is 13.6. The molecule has 0 saturated heterocycles. The first kappa shape index (κ1) is 19.3. The first-order chi connectivity index (χ1) is 9.04. The van der Waals surface area contributed by atoms with Crippen LogP contribution in [0.2, 0.25) is 0 Å². The molecule has 0 spiro atoms. The highest BCUT2D eigenvalue weighted by atomic mass is 35.6. The molecule has 1 aromatic carbocycles. The van der Waals surface area contributed by atoms with Crippen LogP contribution in [0.5, 0.6) is 0 Å². The van der Waals surface area contributed by atoms with E-state index in [1.165, 1.54) is 0 Å². The Morgan fingerprint density at radius 3 is 2.10 bits per heavy atom. The maximum atomic E-state index is 6.28. The summed E-state index contributed by atoms with van der Waals surface area (Å²) >= 11 is 42.1. The minimum Gasteiger partial charge on any atom is -0.0930 e. The zero-order chi connectivity index (χ0) is 15.6. The number of hydrogen-bond acceptors (Lipinski definition) is 0. The zero-order valence-corrected chi connectivity index (χ0v) is 15.7. The third-order valence-corrected chi connectivity index (χ3v) is 6.62. The fraction of sp³-hybridized carbons (Fsp3) is 0.462. The molecular formula is C13H12Cl7. The molecule has 113 valence electrons. The lowest BCUT2D eigenvalue weighted by Gasteiger charge is -2.38. The highest BCUT2D eigenvalue weighted by molar-refractivity contribution is 6.78. The van der Waals surface area contributed by atoms with Crippen molar-refractivity contribution >= 4 is 81.2 Å². The van der Waals surface area contributed by atoms with Crippen LogP contribution in [0.3, 0.4) is 0 Å². The van der Waals surface area contributed by atoms with Crippen molar-refractivity contribution in [3.8, 4) is 0 Å². The predicted molar refractivity (Wildman–Crippen MR) is 92.9 cm³/mol. The Balaban J connectivity index is 3.15. The van der Waals surface area contributed by atoms with E-state index in [-0.39, 0.29) is 0 Å². The van der Waals surface area contributed by atoms with Gasteiger partial charge >= 0.3 is 0 Å². The van der Waals surface area contributed by atoms with Gasteiger partial charge in [-0.05, 0) is 24.0 Å². The Morgan fingerprint density at radius 2 is 1.60 bits per heavy atom. The Hall–Kier alpha value is 1.25. The fourth-order valence-electron chi connectivity index (χ4n) is 1.53. The second-order valence-electron chi connectivity index (χ2n) is 4.26. The van der Waals surface area contributed by atoms with Crippen LogP contribution in [0.1, 0.15) is 30.9 Å². The number of alkyl halides is 7. The number of rotatable bonds is 5. The van der Waals surface area contributed by atoms with Crippen LogP contribution in [-0.2, 0) is 4.33 Å². The zero-order valence-electron chi connectivity index (χ0n) is 10.4. The van der Waals surface area contributed by atoms with Crippen LogP contribution in [0.15, 0.2) is 24.3 Å². The number of benzene rings is 1. The first-order valence-electron chi connectivity index (χ1n) is 5.80. The van der Waals surface area contributed by atoms with Crippen LogP contribution < -0.4 is 0 Å². The van der Waals surface area contributed by atoms with E-state index in [0.717, 1.165) is 18.4 Å². The van der Waals surface area contributed by atoms with Crippen LogP contribution in [0.25, 0.3) is 0 Å². The van der Waals surface area contributed by atoms with Crippen LogP contribution in [0.4, 0.5) is 0 Å². The van der Waals surface area contributed by atoms with Crippen molar-refractivity contribution in [3.63, 3.8) is 0 Å². The Kier molecular flexibility index (Phi) is 6.96. The van der Waals surface area contributed by atoms with Gasteiger partial charge in [-0.3, -0.25) is 0 Å². The van der Waals surface area contributed by atoms with E-state index < -0.39 is 12.5 Å². The van der Waals surface area contributed by atoms with Crippen LogP contribution >= 0.6 is 81.2 Å². The molecule has 0 aromatic heterocycles. The largest absolute Gasteiger partial charge is 0.226 e. The molecule has 0 bridgehead atoms. The Bertz CT molecular complexity index is 448. The van der Waals surface area contributed by atoms with E-state index in [4.69, 9.17) is 81.2 Å². The lowest BCUT2D eigenvalue weighted by molar-refractivity contribution is 0.698. The summed E-state index contributed by atoms with van der Waals surface area (Å²) in [5.74, 6) is 0. The molecule has 1 radical (unpaired) electrons. The summed E-state index contributed by atoms with van der Waals surface area (Å²) in [6.45, 7) is 2.08. The lowest BCUT2D eigenvalue weighted by Crippen LogP contribution is -2.45. The summed E-state index contributed by atoms with van der Waals surface area (Å²) in [5.41, 5.74) is 1.41. The fourth-order valence-corrected chi connectivity index (χ4v) is 2.98. The molecule has 0 nitrogen and oxygen atoms in total. The first-order valence-corrected chi connectivity index (χ1v) is 8.44. The van der Waals surface area contributed by atoms with E-state index in [2.05, 4.69) is 6.92 Å². The van der Waals surface area contributed by atoms with Gasteiger partial charge in [0.15, 0.2) is 4.33 Å². The minimum absolute atomic E-state index is 0.460. The van der Waals surface area contributed by atoms with Gasteiger partial charge in [0.2, 0.25) is 8.13 Å². The van der Waals surface area contributed by atoms with Crippen molar-refractivity contribution < 1.29 is 0 Å². The summed E-state index contributed by atoms with van der Waals surface area (Å²) in [6.07, 6.45) is 4.01. The van der Waals surface area contributed by atoms with E-state index in [9.17, 15) is 0 Å². The van der Waals surface area contributed by atoms with Gasteiger partial charge < -0.3 is 0 Å². The van der Waals surface area contributed by atoms with Gasteiger partial charge in [-0.15, -0.1) is 0 Å². The monoisotopic (exact) mass is 413 g/mol. The molecule has 0 saturated carbocycles. The summed E-state index contributed by atoms with van der Waals surface area (Å²) in [6, 6.07) is 7.16. The van der Waals surface area contributed by atoms with E-state index >= 15 is 0 Å². The van der Waals surface area contributed by atoms with Crippen LogP contribution in [-0.4, -0.2) is 8.13 Å². The predicted octanol–water partition coefficient (Wildman–Crippen LogP) is 7.21. The molecule has 0 aliphatic rings. The van der Waals surface area contributed by atoms with Gasteiger partial charge in [0.25, 0.3) is 0 Å². The van der Waals surface area contributed by atoms with Crippen LogP contribution in [0, 0.1) is 6.42 Å². The maximum absolute atomic E-state index is 6.28. The molecule has 1 rings (SSSR count). The molecule has 0 aliphatic carbocycles. The number of halogens is 7. The average molecular weight is 416 g/mol. The molecule has 0 atom stereocenters. The smallest absolute Gasteiger partial charge is 0.0930 e. The second-order valence-corrected chi connectivity index (χ2v) is 9.20. The van der Waals surface area contributed by atoms with Crippen molar-refractivity contribution in [3.05, 3.63) is 41.8 Å². The summed E-state index contributed by atoms with van der Waals surface area (Å²) in [7, 11) is 0. The highest BCUT2D eigenvalue weighted by Crippen LogP contribution is 2.60. The van der Waals surface area contributed by atoms with Crippen molar-refractivity contribution in [1.82, 2.24) is 0 Å². The lowest BCUT2D eigenvalue weighted by atomic mass is 10.0. The van der Waals surface area contributed by atoms with Gasteiger partial charge in [-0.2, -0.15) is 0 Å². The molecule has 0 fully saturated rings. The number of unbranched alkanes of at least 4 members (excludes halogenated alkanes) is 1. The third-order valence-electron chi connectivity index (χ3n) is 2.67. The molecule has 20 heavy (non-hydrogen) atoms. The van der Waals surface area contributed by atoms with Gasteiger partial charge in [-0.25, -0.2) is 0 Å². The third kappa shape index (κ3) is 4.16. The van der Waals surface area contributed by atoms with E-state index in [1.807, 2.05) is 12.5 Å².